The molecule has 0 amide bonds. The highest BCUT2D eigenvalue weighted by molar-refractivity contribution is 5.50. The lowest BCUT2D eigenvalue weighted by Crippen LogP contribution is -2.43. The molecule has 1 aromatic carbocycles. The third-order valence-electron chi connectivity index (χ3n) is 3.31. The van der Waals surface area contributed by atoms with Crippen LogP contribution >= 0.6 is 0 Å². The van der Waals surface area contributed by atoms with Gasteiger partial charge in [-0.2, -0.15) is 0 Å². The SMILES string of the molecule is OCCCNCc1ccc(F)c(N2CCNCC2)c1. The van der Waals surface area contributed by atoms with Crippen LogP contribution in [0.4, 0.5) is 10.1 Å². The Morgan fingerprint density at radius 1 is 1.32 bits per heavy atom. The predicted octanol–water partition coefficient (Wildman–Crippen LogP) is 0.707. The van der Waals surface area contributed by atoms with Gasteiger partial charge in [0.05, 0.1) is 5.69 Å². The second-order valence-corrected chi connectivity index (χ2v) is 4.78. The molecule has 3 N–H and O–H groups in total. The molecular formula is C14H22FN3O. The molecule has 1 fully saturated rings. The third-order valence-corrected chi connectivity index (χ3v) is 3.31. The van der Waals surface area contributed by atoms with E-state index in [2.05, 4.69) is 15.5 Å². The zero-order valence-corrected chi connectivity index (χ0v) is 11.2. The highest BCUT2D eigenvalue weighted by Crippen LogP contribution is 2.21. The Hall–Kier alpha value is -1.17. The Morgan fingerprint density at radius 3 is 2.84 bits per heavy atom. The molecule has 0 unspecified atom stereocenters. The van der Waals surface area contributed by atoms with Crippen LogP contribution in [0.1, 0.15) is 12.0 Å². The maximum Gasteiger partial charge on any atom is 0.146 e. The van der Waals surface area contributed by atoms with Crippen molar-refractivity contribution in [1.29, 1.82) is 0 Å². The van der Waals surface area contributed by atoms with Crippen LogP contribution < -0.4 is 15.5 Å². The molecule has 5 heteroatoms. The molecule has 1 aliphatic heterocycles. The molecule has 0 radical (unpaired) electrons. The molecule has 19 heavy (non-hydrogen) atoms. The van der Waals surface area contributed by atoms with E-state index in [0.717, 1.165) is 44.7 Å². The fraction of sp³-hybridized carbons (Fsp3) is 0.571. The number of aliphatic hydroxyl groups excluding tert-OH is 1. The van der Waals surface area contributed by atoms with Gasteiger partial charge in [-0.1, -0.05) is 6.07 Å². The van der Waals surface area contributed by atoms with Crippen LogP contribution in [0.2, 0.25) is 0 Å². The second-order valence-electron chi connectivity index (χ2n) is 4.78. The summed E-state index contributed by atoms with van der Waals surface area (Å²) in [7, 11) is 0. The van der Waals surface area contributed by atoms with Gasteiger partial charge in [0.1, 0.15) is 5.82 Å². The minimum absolute atomic E-state index is 0.152. The molecule has 2 rings (SSSR count). The number of hydrogen-bond donors (Lipinski definition) is 3. The Kier molecular flexibility index (Phi) is 5.57. The number of nitrogens with zero attached hydrogens (tertiary/aromatic N) is 1. The Balaban J connectivity index is 1.97. The number of nitrogens with one attached hydrogen (secondary N) is 2. The molecule has 106 valence electrons. The van der Waals surface area contributed by atoms with Crippen molar-refractivity contribution in [1.82, 2.24) is 10.6 Å². The second kappa shape index (κ2) is 7.43. The zero-order valence-electron chi connectivity index (χ0n) is 11.2. The van der Waals surface area contributed by atoms with E-state index in [0.29, 0.717) is 12.2 Å². The van der Waals surface area contributed by atoms with Gasteiger partial charge in [-0.25, -0.2) is 4.39 Å². The van der Waals surface area contributed by atoms with E-state index in [1.165, 1.54) is 0 Å². The Morgan fingerprint density at radius 2 is 2.11 bits per heavy atom. The van der Waals surface area contributed by atoms with Gasteiger partial charge in [-0.3, -0.25) is 0 Å². The number of benzene rings is 1. The topological polar surface area (TPSA) is 47.5 Å². The van der Waals surface area contributed by atoms with E-state index < -0.39 is 0 Å². The van der Waals surface area contributed by atoms with E-state index in [4.69, 9.17) is 5.11 Å². The molecule has 1 saturated heterocycles. The molecule has 0 bridgehead atoms. The Labute approximate surface area is 113 Å². The monoisotopic (exact) mass is 267 g/mol. The summed E-state index contributed by atoms with van der Waals surface area (Å²) in [6.07, 6.45) is 0.742. The first-order valence-electron chi connectivity index (χ1n) is 6.87. The van der Waals surface area contributed by atoms with E-state index >= 15 is 0 Å². The lowest BCUT2D eigenvalue weighted by Gasteiger charge is -2.30. The lowest BCUT2D eigenvalue weighted by atomic mass is 10.1. The maximum absolute atomic E-state index is 13.9. The van der Waals surface area contributed by atoms with Gasteiger partial charge in [-0.05, 0) is 30.7 Å². The molecule has 1 aromatic rings. The van der Waals surface area contributed by atoms with Crippen LogP contribution in [-0.4, -0.2) is 44.4 Å². The number of hydrogen-bond acceptors (Lipinski definition) is 4. The highest BCUT2D eigenvalue weighted by Gasteiger charge is 2.14. The fourth-order valence-corrected chi connectivity index (χ4v) is 2.25. The van der Waals surface area contributed by atoms with Crippen LogP contribution in [0.25, 0.3) is 0 Å². The van der Waals surface area contributed by atoms with Gasteiger partial charge in [0.15, 0.2) is 0 Å². The van der Waals surface area contributed by atoms with Crippen molar-refractivity contribution in [3.05, 3.63) is 29.6 Å². The van der Waals surface area contributed by atoms with Crippen molar-refractivity contribution in [2.75, 3.05) is 44.2 Å². The van der Waals surface area contributed by atoms with Crippen molar-refractivity contribution in [2.24, 2.45) is 0 Å². The van der Waals surface area contributed by atoms with E-state index in [1.54, 1.807) is 6.07 Å². The predicted molar refractivity (Wildman–Crippen MR) is 74.9 cm³/mol. The number of aliphatic hydroxyl groups is 1. The van der Waals surface area contributed by atoms with Gasteiger partial charge in [0.2, 0.25) is 0 Å². The third kappa shape index (κ3) is 4.16. The quantitative estimate of drug-likeness (QED) is 0.664. The number of rotatable bonds is 6. The summed E-state index contributed by atoms with van der Waals surface area (Å²) in [5, 5.41) is 15.2. The summed E-state index contributed by atoms with van der Waals surface area (Å²) in [4.78, 5) is 2.09. The molecule has 0 atom stereocenters. The normalized spacial score (nSPS) is 15.8. The maximum atomic E-state index is 13.9. The van der Waals surface area contributed by atoms with Crippen molar-refractivity contribution in [2.45, 2.75) is 13.0 Å². The highest BCUT2D eigenvalue weighted by atomic mass is 19.1. The summed E-state index contributed by atoms with van der Waals surface area (Å²) in [5.41, 5.74) is 1.77. The van der Waals surface area contributed by atoms with Crippen molar-refractivity contribution < 1.29 is 9.50 Å². The average Bonchev–Trinajstić information content (AvgIpc) is 2.46. The van der Waals surface area contributed by atoms with Gasteiger partial charge >= 0.3 is 0 Å². The van der Waals surface area contributed by atoms with Crippen molar-refractivity contribution >= 4 is 5.69 Å². The minimum Gasteiger partial charge on any atom is -0.396 e. The first-order chi connectivity index (χ1) is 9.31. The molecule has 4 nitrogen and oxygen atoms in total. The fourth-order valence-electron chi connectivity index (χ4n) is 2.25. The van der Waals surface area contributed by atoms with Crippen molar-refractivity contribution in [3.63, 3.8) is 0 Å². The lowest BCUT2D eigenvalue weighted by molar-refractivity contribution is 0.286. The van der Waals surface area contributed by atoms with Crippen LogP contribution in [0.5, 0.6) is 0 Å². The smallest absolute Gasteiger partial charge is 0.146 e. The summed E-state index contributed by atoms with van der Waals surface area (Å²) < 4.78 is 13.9. The van der Waals surface area contributed by atoms with Gasteiger partial charge < -0.3 is 20.6 Å². The zero-order chi connectivity index (χ0) is 13.5. The summed E-state index contributed by atoms with van der Waals surface area (Å²) in [6, 6.07) is 5.28. The van der Waals surface area contributed by atoms with E-state index in [9.17, 15) is 4.39 Å². The number of anilines is 1. The minimum atomic E-state index is -0.152. The van der Waals surface area contributed by atoms with Crippen LogP contribution in [0.15, 0.2) is 18.2 Å². The van der Waals surface area contributed by atoms with Crippen LogP contribution in [0, 0.1) is 5.82 Å². The largest absolute Gasteiger partial charge is 0.396 e. The van der Waals surface area contributed by atoms with Crippen LogP contribution in [0.3, 0.4) is 0 Å². The Bertz CT molecular complexity index is 394. The van der Waals surface area contributed by atoms with Crippen molar-refractivity contribution in [3.8, 4) is 0 Å². The average molecular weight is 267 g/mol. The standard InChI is InChI=1S/C14H22FN3O/c15-13-3-2-12(11-17-4-1-9-19)10-14(13)18-7-5-16-6-8-18/h2-3,10,16-17,19H,1,4-9,11H2. The summed E-state index contributed by atoms with van der Waals surface area (Å²) in [6.45, 7) is 5.17. The number of piperazine rings is 1. The van der Waals surface area contributed by atoms with E-state index in [-0.39, 0.29) is 12.4 Å². The van der Waals surface area contributed by atoms with Gasteiger partial charge in [0.25, 0.3) is 0 Å². The summed E-state index contributed by atoms with van der Waals surface area (Å²) in [5.74, 6) is -0.152. The first kappa shape index (κ1) is 14.2. The molecular weight excluding hydrogens is 245 g/mol. The van der Waals surface area contributed by atoms with E-state index in [1.807, 2.05) is 12.1 Å². The van der Waals surface area contributed by atoms with Crippen LogP contribution in [-0.2, 0) is 6.54 Å². The van der Waals surface area contributed by atoms with Gasteiger partial charge in [0, 0.05) is 39.3 Å². The molecule has 0 aliphatic carbocycles. The molecule has 1 aliphatic rings. The van der Waals surface area contributed by atoms with Gasteiger partial charge in [-0.15, -0.1) is 0 Å². The molecule has 0 saturated carbocycles. The number of halogens is 1. The first-order valence-corrected chi connectivity index (χ1v) is 6.87. The summed E-state index contributed by atoms with van der Waals surface area (Å²) >= 11 is 0. The molecule has 0 aromatic heterocycles. The molecule has 0 spiro atoms. The molecule has 1 heterocycles.